The van der Waals surface area contributed by atoms with Crippen molar-refractivity contribution in [2.75, 3.05) is 14.2 Å². The van der Waals surface area contributed by atoms with Crippen LogP contribution in [-0.4, -0.2) is 28.9 Å². The van der Waals surface area contributed by atoms with Gasteiger partial charge in [0.2, 0.25) is 0 Å². The van der Waals surface area contributed by atoms with E-state index in [1.807, 2.05) is 48.5 Å². The summed E-state index contributed by atoms with van der Waals surface area (Å²) in [5.74, 6) is 1.54. The number of fused-ring (bicyclic) bond motifs is 3. The van der Waals surface area contributed by atoms with Crippen LogP contribution < -0.4 is 10.3 Å². The Morgan fingerprint density at radius 3 is 2.43 bits per heavy atom. The first-order valence-electron chi connectivity index (χ1n) is 11.4. The number of rotatable bonds is 8. The number of ether oxygens (including phenoxy) is 2. The van der Waals surface area contributed by atoms with Gasteiger partial charge in [-0.1, -0.05) is 48.5 Å². The van der Waals surface area contributed by atoms with Gasteiger partial charge in [0.15, 0.2) is 0 Å². The van der Waals surface area contributed by atoms with E-state index in [1.165, 1.54) is 11.3 Å². The predicted octanol–water partition coefficient (Wildman–Crippen LogP) is 5.31. The summed E-state index contributed by atoms with van der Waals surface area (Å²) < 4.78 is 13.0. The molecule has 0 saturated heterocycles. The van der Waals surface area contributed by atoms with Crippen molar-refractivity contribution in [3.8, 4) is 11.5 Å². The predicted molar refractivity (Wildman–Crippen MR) is 140 cm³/mol. The number of hydrogen-bond donors (Lipinski definition) is 1. The third kappa shape index (κ3) is 4.52. The largest absolute Gasteiger partial charge is 0.506 e. The zero-order valence-corrected chi connectivity index (χ0v) is 20.5. The van der Waals surface area contributed by atoms with Gasteiger partial charge in [-0.05, 0) is 47.7 Å². The highest BCUT2D eigenvalue weighted by atomic mass is 32.1. The average Bonchev–Trinajstić information content (AvgIpc) is 3.27. The first-order valence-corrected chi connectivity index (χ1v) is 12.2. The van der Waals surface area contributed by atoms with Crippen molar-refractivity contribution in [3.05, 3.63) is 99.6 Å². The van der Waals surface area contributed by atoms with Gasteiger partial charge in [0.05, 0.1) is 17.2 Å². The van der Waals surface area contributed by atoms with Crippen LogP contribution in [0.2, 0.25) is 0 Å². The molecule has 0 unspecified atom stereocenters. The van der Waals surface area contributed by atoms with Crippen LogP contribution in [-0.2, 0) is 30.7 Å². The van der Waals surface area contributed by atoms with Crippen LogP contribution >= 0.6 is 11.3 Å². The molecule has 0 spiro atoms. The Morgan fingerprint density at radius 1 is 0.943 bits per heavy atom. The van der Waals surface area contributed by atoms with E-state index in [0.29, 0.717) is 40.1 Å². The second kappa shape index (κ2) is 9.90. The smallest absolute Gasteiger partial charge is 0.262 e. The fourth-order valence-corrected chi connectivity index (χ4v) is 5.56. The van der Waals surface area contributed by atoms with Crippen LogP contribution in [0.1, 0.15) is 22.5 Å². The Hall–Kier alpha value is -3.68. The van der Waals surface area contributed by atoms with Crippen molar-refractivity contribution in [2.45, 2.75) is 26.0 Å². The summed E-state index contributed by atoms with van der Waals surface area (Å²) in [6, 6.07) is 21.6. The van der Waals surface area contributed by atoms with Gasteiger partial charge in [-0.15, -0.1) is 11.3 Å². The molecule has 5 rings (SSSR count). The Bertz CT molecular complexity index is 1540. The SMILES string of the molecule is COCc1nc2sc3c(O)ccc(Cc4ccccc4)c3c2c(=O)n1CCc1ccc(OC)cc1. The number of aromatic nitrogens is 2. The topological polar surface area (TPSA) is 73.6 Å². The molecule has 1 N–H and O–H groups in total. The Morgan fingerprint density at radius 2 is 1.71 bits per heavy atom. The third-order valence-electron chi connectivity index (χ3n) is 6.18. The van der Waals surface area contributed by atoms with Crippen molar-refractivity contribution >= 4 is 31.6 Å². The van der Waals surface area contributed by atoms with Gasteiger partial charge in [0.1, 0.15) is 28.8 Å². The molecule has 0 aliphatic rings. The number of aryl methyl sites for hydroxylation is 1. The van der Waals surface area contributed by atoms with Gasteiger partial charge >= 0.3 is 0 Å². The summed E-state index contributed by atoms with van der Waals surface area (Å²) in [7, 11) is 3.24. The molecule has 2 aromatic heterocycles. The molecule has 0 atom stereocenters. The highest BCUT2D eigenvalue weighted by molar-refractivity contribution is 7.25. The minimum atomic E-state index is -0.110. The van der Waals surface area contributed by atoms with Crippen LogP contribution in [0, 0.1) is 0 Å². The van der Waals surface area contributed by atoms with E-state index in [0.717, 1.165) is 27.8 Å². The van der Waals surface area contributed by atoms with E-state index >= 15 is 0 Å². The van der Waals surface area contributed by atoms with Crippen molar-refractivity contribution < 1.29 is 14.6 Å². The van der Waals surface area contributed by atoms with E-state index in [2.05, 4.69) is 12.1 Å². The molecule has 6 nitrogen and oxygen atoms in total. The second-order valence-corrected chi connectivity index (χ2v) is 9.41. The minimum Gasteiger partial charge on any atom is -0.506 e. The Labute approximate surface area is 207 Å². The number of benzene rings is 3. The lowest BCUT2D eigenvalue weighted by Gasteiger charge is -2.13. The normalized spacial score (nSPS) is 11.4. The van der Waals surface area contributed by atoms with Gasteiger partial charge in [-0.3, -0.25) is 9.36 Å². The van der Waals surface area contributed by atoms with Crippen LogP contribution in [0.25, 0.3) is 20.3 Å². The molecule has 178 valence electrons. The molecule has 0 fully saturated rings. The van der Waals surface area contributed by atoms with Crippen LogP contribution in [0.4, 0.5) is 0 Å². The maximum Gasteiger partial charge on any atom is 0.262 e. The number of phenolic OH excluding ortho intramolecular Hbond substituents is 1. The molecule has 0 bridgehead atoms. The Balaban J connectivity index is 1.64. The highest BCUT2D eigenvalue weighted by Crippen LogP contribution is 2.39. The van der Waals surface area contributed by atoms with E-state index in [1.54, 1.807) is 24.9 Å². The Kier molecular flexibility index (Phi) is 6.53. The fraction of sp³-hybridized carbons (Fsp3) is 0.214. The van der Waals surface area contributed by atoms with Crippen molar-refractivity contribution in [2.24, 2.45) is 0 Å². The van der Waals surface area contributed by atoms with E-state index in [9.17, 15) is 9.90 Å². The lowest BCUT2D eigenvalue weighted by Crippen LogP contribution is -2.26. The lowest BCUT2D eigenvalue weighted by molar-refractivity contribution is 0.173. The standard InChI is InChI=1S/C28H26N2O4S/c1-33-17-23-29-27-25(28(32)30(23)15-14-18-8-11-21(34-2)12-9-18)24-20(10-13-22(31)26(24)35-27)16-19-6-4-3-5-7-19/h3-13,31H,14-17H2,1-2H3. The van der Waals surface area contributed by atoms with Crippen LogP contribution in [0.5, 0.6) is 11.5 Å². The van der Waals surface area contributed by atoms with E-state index in [4.69, 9.17) is 14.5 Å². The molecule has 7 heteroatoms. The first-order chi connectivity index (χ1) is 17.1. The second-order valence-electron chi connectivity index (χ2n) is 8.41. The van der Waals surface area contributed by atoms with E-state index in [-0.39, 0.29) is 17.9 Å². The molecular weight excluding hydrogens is 460 g/mol. The maximum absolute atomic E-state index is 13.9. The number of hydrogen-bond acceptors (Lipinski definition) is 6. The van der Waals surface area contributed by atoms with E-state index < -0.39 is 0 Å². The number of nitrogens with zero attached hydrogens (tertiary/aromatic N) is 2. The monoisotopic (exact) mass is 486 g/mol. The van der Waals surface area contributed by atoms with Crippen molar-refractivity contribution in [1.82, 2.24) is 9.55 Å². The summed E-state index contributed by atoms with van der Waals surface area (Å²) >= 11 is 1.35. The van der Waals surface area contributed by atoms with Crippen molar-refractivity contribution in [3.63, 3.8) is 0 Å². The fourth-order valence-electron chi connectivity index (χ4n) is 4.42. The number of methoxy groups -OCH3 is 2. The molecule has 0 aliphatic heterocycles. The molecule has 0 aliphatic carbocycles. The highest BCUT2D eigenvalue weighted by Gasteiger charge is 2.20. The van der Waals surface area contributed by atoms with Gasteiger partial charge in [-0.25, -0.2) is 4.98 Å². The molecule has 0 radical (unpaired) electrons. The molecule has 3 aromatic carbocycles. The summed E-state index contributed by atoms with van der Waals surface area (Å²) in [5.41, 5.74) is 3.12. The molecule has 5 aromatic rings. The average molecular weight is 487 g/mol. The van der Waals surface area contributed by atoms with Gasteiger partial charge in [0.25, 0.3) is 5.56 Å². The zero-order chi connectivity index (χ0) is 24.4. The minimum absolute atomic E-state index is 0.110. The zero-order valence-electron chi connectivity index (χ0n) is 19.7. The number of aromatic hydroxyl groups is 1. The third-order valence-corrected chi connectivity index (χ3v) is 7.29. The first kappa shape index (κ1) is 23.1. The summed E-state index contributed by atoms with van der Waals surface area (Å²) in [6.07, 6.45) is 1.33. The quantitative estimate of drug-likeness (QED) is 0.322. The van der Waals surface area contributed by atoms with Gasteiger partial charge < -0.3 is 14.6 Å². The molecule has 2 heterocycles. The van der Waals surface area contributed by atoms with Gasteiger partial charge in [0, 0.05) is 19.0 Å². The van der Waals surface area contributed by atoms with Crippen molar-refractivity contribution in [1.29, 1.82) is 0 Å². The summed E-state index contributed by atoms with van der Waals surface area (Å²) in [6.45, 7) is 0.696. The van der Waals surface area contributed by atoms with Crippen LogP contribution in [0.3, 0.4) is 0 Å². The number of phenols is 1. The van der Waals surface area contributed by atoms with Crippen LogP contribution in [0.15, 0.2) is 71.5 Å². The molecular formula is C28H26N2O4S. The summed E-state index contributed by atoms with van der Waals surface area (Å²) in [4.78, 5) is 19.3. The molecule has 0 saturated carbocycles. The molecule has 35 heavy (non-hydrogen) atoms. The van der Waals surface area contributed by atoms with Gasteiger partial charge in [-0.2, -0.15) is 0 Å². The summed E-state index contributed by atoms with van der Waals surface area (Å²) in [5, 5.41) is 12.0. The number of thiophene rings is 1. The molecule has 0 amide bonds. The lowest BCUT2D eigenvalue weighted by atomic mass is 10.00. The maximum atomic E-state index is 13.9.